The minimum Gasteiger partial charge on any atom is -0.390 e. The van der Waals surface area contributed by atoms with Crippen molar-refractivity contribution in [3.05, 3.63) is 38.7 Å². The molecule has 0 aliphatic carbocycles. The van der Waals surface area contributed by atoms with E-state index >= 15 is 0 Å². The summed E-state index contributed by atoms with van der Waals surface area (Å²) >= 11 is 3.30. The molecule has 2 heterocycles. The van der Waals surface area contributed by atoms with E-state index in [4.69, 9.17) is 0 Å². The third kappa shape index (κ3) is 3.35. The number of amides is 1. The summed E-state index contributed by atoms with van der Waals surface area (Å²) < 4.78 is 1.92. The van der Waals surface area contributed by atoms with Crippen LogP contribution in [0, 0.1) is 17.0 Å². The van der Waals surface area contributed by atoms with Crippen LogP contribution in [0.15, 0.2) is 22.9 Å². The Morgan fingerprint density at radius 1 is 1.55 bits per heavy atom. The number of rotatable bonds is 4. The fourth-order valence-electron chi connectivity index (χ4n) is 1.39. The molecular weight excluding hydrogens is 332 g/mol. The predicted molar refractivity (Wildman–Crippen MR) is 72.0 cm³/mol. The highest BCUT2D eigenvalue weighted by atomic mass is 79.9. The molecular formula is C10H9BrN6O3. The van der Waals surface area contributed by atoms with Gasteiger partial charge in [0.2, 0.25) is 12.2 Å². The molecule has 9 nitrogen and oxygen atoms in total. The summed E-state index contributed by atoms with van der Waals surface area (Å²) in [7, 11) is 0. The predicted octanol–water partition coefficient (Wildman–Crippen LogP) is 1.29. The third-order valence-electron chi connectivity index (χ3n) is 2.28. The lowest BCUT2D eigenvalue weighted by molar-refractivity contribution is -0.394. The van der Waals surface area contributed by atoms with Gasteiger partial charge in [0.1, 0.15) is 12.4 Å². The maximum Gasteiger partial charge on any atom is 0.490 e. The fraction of sp³-hybridized carbons (Fsp3) is 0.200. The van der Waals surface area contributed by atoms with Gasteiger partial charge in [0.25, 0.3) is 0 Å². The maximum absolute atomic E-state index is 11.7. The van der Waals surface area contributed by atoms with Crippen molar-refractivity contribution in [2.75, 3.05) is 5.32 Å². The second-order valence-corrected chi connectivity index (χ2v) is 4.67. The lowest BCUT2D eigenvalue weighted by Gasteiger charge is -2.04. The first-order valence-corrected chi connectivity index (χ1v) is 6.22. The molecule has 0 aromatic carbocycles. The van der Waals surface area contributed by atoms with Crippen LogP contribution >= 0.6 is 15.9 Å². The van der Waals surface area contributed by atoms with Gasteiger partial charge in [0.15, 0.2) is 0 Å². The number of halogens is 1. The maximum atomic E-state index is 11.7. The average molecular weight is 341 g/mol. The number of hydrogen-bond acceptors (Lipinski definition) is 6. The lowest BCUT2D eigenvalue weighted by Crippen LogP contribution is -2.20. The Labute approximate surface area is 121 Å². The number of hydrogen-bond donors (Lipinski definition) is 1. The van der Waals surface area contributed by atoms with Crippen molar-refractivity contribution in [3.63, 3.8) is 0 Å². The Kier molecular flexibility index (Phi) is 4.03. The molecule has 2 aromatic rings. The second kappa shape index (κ2) is 5.74. The number of nitrogens with one attached hydrogen (secondary N) is 1. The Bertz CT molecular complexity index is 671. The van der Waals surface area contributed by atoms with Crippen molar-refractivity contribution in [1.82, 2.24) is 19.7 Å². The van der Waals surface area contributed by atoms with Crippen molar-refractivity contribution >= 4 is 33.6 Å². The summed E-state index contributed by atoms with van der Waals surface area (Å²) in [4.78, 5) is 29.0. The van der Waals surface area contributed by atoms with E-state index in [-0.39, 0.29) is 6.54 Å². The Morgan fingerprint density at radius 3 is 2.90 bits per heavy atom. The first kappa shape index (κ1) is 14.1. The van der Waals surface area contributed by atoms with E-state index in [1.807, 2.05) is 0 Å². The van der Waals surface area contributed by atoms with Crippen LogP contribution in [-0.4, -0.2) is 30.6 Å². The zero-order valence-corrected chi connectivity index (χ0v) is 11.9. The molecule has 0 saturated heterocycles. The standard InChI is InChI=1S/C10H9BrN6O3/c1-6-7(11)2-3-8(13-6)14-9(18)4-16-5-12-10(15-16)17(19)20/h2-3,5H,4H2,1H3,(H,13,14,18). The summed E-state index contributed by atoms with van der Waals surface area (Å²) in [5.74, 6) is -0.556. The van der Waals surface area contributed by atoms with Crippen molar-refractivity contribution in [2.45, 2.75) is 13.5 Å². The van der Waals surface area contributed by atoms with Gasteiger partial charge in [-0.05, 0) is 39.9 Å². The van der Waals surface area contributed by atoms with E-state index in [1.54, 1.807) is 19.1 Å². The molecule has 0 atom stereocenters. The Morgan fingerprint density at radius 2 is 2.30 bits per heavy atom. The topological polar surface area (TPSA) is 116 Å². The van der Waals surface area contributed by atoms with Gasteiger partial charge in [-0.1, -0.05) is 4.98 Å². The normalized spacial score (nSPS) is 10.3. The molecule has 0 saturated carbocycles. The number of anilines is 1. The van der Waals surface area contributed by atoms with Crippen LogP contribution in [0.3, 0.4) is 0 Å². The van der Waals surface area contributed by atoms with Gasteiger partial charge >= 0.3 is 5.95 Å². The molecule has 0 aliphatic heterocycles. The summed E-state index contributed by atoms with van der Waals surface area (Å²) in [6, 6.07) is 3.40. The average Bonchev–Trinajstić information content (AvgIpc) is 2.82. The van der Waals surface area contributed by atoms with Crippen molar-refractivity contribution in [3.8, 4) is 0 Å². The third-order valence-corrected chi connectivity index (χ3v) is 3.12. The van der Waals surface area contributed by atoms with Crippen molar-refractivity contribution < 1.29 is 9.72 Å². The zero-order valence-electron chi connectivity index (χ0n) is 10.3. The Hall–Kier alpha value is -2.36. The summed E-state index contributed by atoms with van der Waals surface area (Å²) in [5.41, 5.74) is 0.735. The van der Waals surface area contributed by atoms with Gasteiger partial charge in [-0.15, -0.1) is 0 Å². The van der Waals surface area contributed by atoms with E-state index in [1.165, 1.54) is 0 Å². The molecule has 104 valence electrons. The van der Waals surface area contributed by atoms with Crippen LogP contribution in [0.5, 0.6) is 0 Å². The molecule has 20 heavy (non-hydrogen) atoms. The molecule has 0 unspecified atom stereocenters. The summed E-state index contributed by atoms with van der Waals surface area (Å²) in [6.07, 6.45) is 1.12. The summed E-state index contributed by atoms with van der Waals surface area (Å²) in [6.45, 7) is 1.61. The SMILES string of the molecule is Cc1nc(NC(=O)Cn2cnc([N+](=O)[O-])n2)ccc1Br. The van der Waals surface area contributed by atoms with E-state index < -0.39 is 16.8 Å². The van der Waals surface area contributed by atoms with Crippen LogP contribution in [0.2, 0.25) is 0 Å². The van der Waals surface area contributed by atoms with E-state index in [9.17, 15) is 14.9 Å². The molecule has 2 aromatic heterocycles. The number of carbonyl (C=O) groups excluding carboxylic acids is 1. The van der Waals surface area contributed by atoms with Gasteiger partial charge in [0, 0.05) is 9.57 Å². The number of carbonyl (C=O) groups is 1. The van der Waals surface area contributed by atoms with Gasteiger partial charge in [0.05, 0.1) is 5.69 Å². The molecule has 1 N–H and O–H groups in total. The minimum absolute atomic E-state index is 0.183. The van der Waals surface area contributed by atoms with Gasteiger partial charge < -0.3 is 15.4 Å². The number of nitrogens with zero attached hydrogens (tertiary/aromatic N) is 5. The minimum atomic E-state index is -0.728. The highest BCUT2D eigenvalue weighted by Gasteiger charge is 2.15. The molecule has 1 amide bonds. The van der Waals surface area contributed by atoms with Crippen LogP contribution < -0.4 is 5.32 Å². The van der Waals surface area contributed by atoms with Crippen molar-refractivity contribution in [1.29, 1.82) is 0 Å². The van der Waals surface area contributed by atoms with Gasteiger partial charge in [-0.2, -0.15) is 4.68 Å². The molecule has 0 aliphatic rings. The molecule has 2 rings (SSSR count). The fourth-order valence-corrected chi connectivity index (χ4v) is 1.61. The number of aromatic nitrogens is 4. The molecule has 0 fully saturated rings. The zero-order chi connectivity index (χ0) is 14.7. The highest BCUT2D eigenvalue weighted by Crippen LogP contribution is 2.16. The smallest absolute Gasteiger partial charge is 0.390 e. The number of nitro groups is 1. The van der Waals surface area contributed by atoms with E-state index in [2.05, 4.69) is 36.3 Å². The lowest BCUT2D eigenvalue weighted by atomic mass is 10.3. The Balaban J connectivity index is 2.01. The quantitative estimate of drug-likeness (QED) is 0.662. The van der Waals surface area contributed by atoms with Crippen LogP contribution in [0.4, 0.5) is 11.8 Å². The second-order valence-electron chi connectivity index (χ2n) is 3.81. The molecule has 0 spiro atoms. The van der Waals surface area contributed by atoms with Crippen LogP contribution in [-0.2, 0) is 11.3 Å². The van der Waals surface area contributed by atoms with Gasteiger partial charge in [-0.25, -0.2) is 4.98 Å². The van der Waals surface area contributed by atoms with Crippen molar-refractivity contribution in [2.24, 2.45) is 0 Å². The highest BCUT2D eigenvalue weighted by molar-refractivity contribution is 9.10. The van der Waals surface area contributed by atoms with Gasteiger partial charge in [-0.3, -0.25) is 4.79 Å². The molecule has 10 heteroatoms. The van der Waals surface area contributed by atoms with Crippen LogP contribution in [0.25, 0.3) is 0 Å². The first-order chi connectivity index (χ1) is 9.45. The van der Waals surface area contributed by atoms with E-state index in [0.717, 1.165) is 21.2 Å². The number of aryl methyl sites for hydroxylation is 1. The molecule has 0 bridgehead atoms. The number of pyridine rings is 1. The molecule has 0 radical (unpaired) electrons. The monoisotopic (exact) mass is 340 g/mol. The van der Waals surface area contributed by atoms with E-state index in [0.29, 0.717) is 5.82 Å². The van der Waals surface area contributed by atoms with Crippen LogP contribution in [0.1, 0.15) is 5.69 Å². The largest absolute Gasteiger partial charge is 0.490 e. The first-order valence-electron chi connectivity index (χ1n) is 5.42. The summed E-state index contributed by atoms with van der Waals surface area (Å²) in [5, 5.41) is 16.5.